The van der Waals surface area contributed by atoms with Gasteiger partial charge >= 0.3 is 11.3 Å². The second-order valence-corrected chi connectivity index (χ2v) is 30.7. The molecule has 0 fully saturated rings. The van der Waals surface area contributed by atoms with Gasteiger partial charge in [-0.3, -0.25) is 0 Å². The molecule has 0 aliphatic rings. The van der Waals surface area contributed by atoms with E-state index in [9.17, 15) is 0 Å². The summed E-state index contributed by atoms with van der Waals surface area (Å²) in [6, 6.07) is 63.7. The van der Waals surface area contributed by atoms with Gasteiger partial charge in [-0.25, -0.2) is 34.1 Å². The summed E-state index contributed by atoms with van der Waals surface area (Å²) in [5, 5.41) is 0. The molecule has 0 aliphatic carbocycles. The van der Waals surface area contributed by atoms with Crippen LogP contribution in [0.3, 0.4) is 0 Å². The van der Waals surface area contributed by atoms with E-state index in [4.69, 9.17) is 19.9 Å². The second kappa shape index (κ2) is 34.1. The van der Waals surface area contributed by atoms with Crippen LogP contribution in [0.15, 0.2) is 213 Å². The third-order valence-corrected chi connectivity index (χ3v) is 20.8. The Morgan fingerprint density at radius 3 is 1.19 bits per heavy atom. The van der Waals surface area contributed by atoms with Gasteiger partial charge in [0.1, 0.15) is 56.3 Å². The van der Waals surface area contributed by atoms with Gasteiger partial charge in [-0.1, -0.05) is 182 Å². The Morgan fingerprint density at radius 2 is 0.704 bits per heavy atom. The fraction of sp³-hybridized carbons (Fsp3) is 0.292. The van der Waals surface area contributed by atoms with E-state index in [0.717, 1.165) is 91.4 Å². The number of aromatic nitrogens is 12. The quantitative estimate of drug-likeness (QED) is 0.119. The average molecular weight is 1430 g/mol. The first-order chi connectivity index (χ1) is 51.7. The normalized spacial score (nSPS) is 11.3. The highest BCUT2D eigenvalue weighted by molar-refractivity contribution is 5.80. The first-order valence-corrected chi connectivity index (χ1v) is 38.1. The number of rotatable bonds is 11. The van der Waals surface area contributed by atoms with Crippen molar-refractivity contribution in [1.29, 1.82) is 0 Å². The van der Waals surface area contributed by atoms with Gasteiger partial charge in [0, 0.05) is 41.7 Å². The molecule has 0 aliphatic heterocycles. The minimum Gasteiger partial charge on any atom is -0.244 e. The summed E-state index contributed by atoms with van der Waals surface area (Å²) in [5.41, 5.74) is 38.9. The number of pyridine rings is 2. The summed E-state index contributed by atoms with van der Waals surface area (Å²) in [6.07, 6.45) is 11.9. The van der Waals surface area contributed by atoms with E-state index in [1.54, 1.807) is 0 Å². The molecule has 108 heavy (non-hydrogen) atoms. The van der Waals surface area contributed by atoms with Gasteiger partial charge < -0.3 is 0 Å². The van der Waals surface area contributed by atoms with Gasteiger partial charge in [-0.15, -0.1) is 0 Å². The molecule has 0 spiro atoms. The van der Waals surface area contributed by atoms with Crippen LogP contribution in [-0.2, 0) is 48.1 Å². The molecule has 0 bridgehead atoms. The third kappa shape index (κ3) is 17.2. The summed E-state index contributed by atoms with van der Waals surface area (Å²) < 4.78 is 11.0. The lowest BCUT2D eigenvalue weighted by Crippen LogP contribution is -2.34. The summed E-state index contributed by atoms with van der Waals surface area (Å²) in [5.74, 6) is 2.12. The Balaban J connectivity index is 0.000000134. The maximum atomic E-state index is 4.83. The van der Waals surface area contributed by atoms with Crippen LogP contribution >= 0.6 is 0 Å². The molecule has 0 atom stereocenters. The molecule has 548 valence electrons. The zero-order valence-electron chi connectivity index (χ0n) is 67.8. The van der Waals surface area contributed by atoms with E-state index < -0.39 is 0 Å². The van der Waals surface area contributed by atoms with Crippen molar-refractivity contribution >= 4 is 55.4 Å². The molecular formula is C96H109N12+5. The van der Waals surface area contributed by atoms with Gasteiger partial charge in [0.05, 0.1) is 43.2 Å². The summed E-state index contributed by atoms with van der Waals surface area (Å²) in [7, 11) is 10.5. The van der Waals surface area contributed by atoms with Crippen LogP contribution in [0.5, 0.6) is 0 Å². The van der Waals surface area contributed by atoms with Gasteiger partial charge in [0.2, 0.25) is 33.6 Å². The lowest BCUT2D eigenvalue weighted by molar-refractivity contribution is -0.636. The summed E-state index contributed by atoms with van der Waals surface area (Å²) in [4.78, 5) is 33.0. The van der Waals surface area contributed by atoms with Crippen LogP contribution in [-0.4, -0.2) is 34.9 Å². The molecule has 0 amide bonds. The van der Waals surface area contributed by atoms with E-state index in [2.05, 4.69) is 361 Å². The lowest BCUT2D eigenvalue weighted by atomic mass is 9.97. The third-order valence-electron chi connectivity index (χ3n) is 20.8. The van der Waals surface area contributed by atoms with Crippen molar-refractivity contribution in [1.82, 2.24) is 34.9 Å². The highest BCUT2D eigenvalue weighted by Crippen LogP contribution is 2.31. The van der Waals surface area contributed by atoms with Crippen molar-refractivity contribution in [3.8, 4) is 56.3 Å². The molecule has 0 unspecified atom stereocenters. The van der Waals surface area contributed by atoms with Crippen molar-refractivity contribution in [3.05, 3.63) is 286 Å². The zero-order chi connectivity index (χ0) is 77.4. The van der Waals surface area contributed by atoms with Crippen LogP contribution in [0, 0.1) is 74.1 Å². The molecule has 7 heterocycles. The molecular weight excluding hydrogens is 1320 g/mol. The first-order valence-electron chi connectivity index (χ1n) is 38.1. The predicted octanol–water partition coefficient (Wildman–Crippen LogP) is 19.8. The van der Waals surface area contributed by atoms with Gasteiger partial charge in [-0.2, -0.15) is 13.7 Å². The topological polar surface area (TPSA) is 110 Å². The Bertz CT molecular complexity index is 5730. The first kappa shape index (κ1) is 77.8. The van der Waals surface area contributed by atoms with Crippen LogP contribution < -0.4 is 22.8 Å². The van der Waals surface area contributed by atoms with Gasteiger partial charge in [0.25, 0.3) is 0 Å². The lowest BCUT2D eigenvalue weighted by Gasteiger charge is -2.12. The highest BCUT2D eigenvalue weighted by Gasteiger charge is 2.25. The molecule has 0 saturated heterocycles. The molecule has 15 rings (SSSR count). The fourth-order valence-corrected chi connectivity index (χ4v) is 14.5. The zero-order valence-corrected chi connectivity index (χ0v) is 67.8. The van der Waals surface area contributed by atoms with E-state index in [1.807, 2.05) is 43.1 Å². The van der Waals surface area contributed by atoms with E-state index in [1.165, 1.54) is 106 Å². The van der Waals surface area contributed by atoms with E-state index in [-0.39, 0.29) is 0 Å². The number of para-hydroxylation sites is 4. The van der Waals surface area contributed by atoms with E-state index >= 15 is 0 Å². The molecule has 12 nitrogen and oxygen atoms in total. The van der Waals surface area contributed by atoms with Crippen molar-refractivity contribution in [2.24, 2.45) is 47.1 Å². The standard InChI is InChI=1S/C21H25N2.C20H23N2.C19H22N3.C18H20N3.C18H19N2/c1-13(2)17-8-7-9-19-21(17)22-12-20(23(19)6)18-11-14(3)10-15(4)16(18)5;1-14(2)12-16-9-7-11-18-20(16)21-13-19(22(18)4)17-10-6-5-8-15(17)3;1-13(2)11-15-9-10-17-19(21-15)22(4)18(12-20-17)16-8-6-5-7-14(16)3;1-12(2)15-9-10-16-18(20-15)21(4)17(11-19-16)14-8-6-5-7-13(14)3;1-12-9-13(2)14(3)15(10-12)18-11-19-16-7-5-6-8-17(16)20(18)4/h7-13H,1-6H3;5-11,13-14H,12H2,1-4H3;5-10,12-13H,11H2,1-4H3;5-12H,1-4H3;5-11H,1-4H3/q5*+1. The predicted molar refractivity (Wildman–Crippen MR) is 445 cm³/mol. The molecule has 7 aromatic heterocycles. The van der Waals surface area contributed by atoms with Crippen molar-refractivity contribution < 1.29 is 22.8 Å². The van der Waals surface area contributed by atoms with Crippen molar-refractivity contribution in [3.63, 3.8) is 0 Å². The number of benzene rings is 8. The van der Waals surface area contributed by atoms with Gasteiger partial charge in [0.15, 0.2) is 33.8 Å². The van der Waals surface area contributed by atoms with Crippen molar-refractivity contribution in [2.75, 3.05) is 0 Å². The maximum absolute atomic E-state index is 4.83. The number of aryl methyl sites for hydroxylation is 12. The number of nitrogens with zero attached hydrogens (tertiary/aromatic N) is 12. The Labute approximate surface area is 640 Å². The van der Waals surface area contributed by atoms with E-state index in [0.29, 0.717) is 23.7 Å². The molecule has 0 radical (unpaired) electrons. The monoisotopic (exact) mass is 1430 g/mol. The van der Waals surface area contributed by atoms with Crippen LogP contribution in [0.1, 0.15) is 140 Å². The number of fused-ring (bicyclic) bond motifs is 5. The van der Waals surface area contributed by atoms with Crippen LogP contribution in [0.2, 0.25) is 0 Å². The summed E-state index contributed by atoms with van der Waals surface area (Å²) in [6.45, 7) is 37.1. The highest BCUT2D eigenvalue weighted by atomic mass is 15.1. The Kier molecular flexibility index (Phi) is 24.6. The minimum absolute atomic E-state index is 0.413. The molecule has 8 aromatic carbocycles. The molecule has 0 saturated carbocycles. The van der Waals surface area contributed by atoms with Crippen LogP contribution in [0.4, 0.5) is 0 Å². The SMILES string of the molecule is Cc1cc(C)c(C)c(-c2cnc3c(C(C)C)cccc3[n+]2C)c1.Cc1cc(C)c(C)c(-c2cnc3ccccc3[n+]2C)c1.Cc1ccccc1-c1cnc2c(CC(C)C)cccc2[n+]1C.Cc1ccccc1-c1cnc2ccc(C(C)C)nc2[n+]1C.Cc1ccccc1-c1cnc2ccc(CC(C)C)nc2[n+]1C. The van der Waals surface area contributed by atoms with Gasteiger partial charge in [-0.05, 0) is 195 Å². The number of hydrogen-bond donors (Lipinski definition) is 0. The number of hydrogen-bond acceptors (Lipinski definition) is 7. The largest absolute Gasteiger partial charge is 0.349 e. The smallest absolute Gasteiger partial charge is 0.244 e. The summed E-state index contributed by atoms with van der Waals surface area (Å²) >= 11 is 0. The Hall–Kier alpha value is -11.2. The second-order valence-electron chi connectivity index (χ2n) is 30.7. The fourth-order valence-electron chi connectivity index (χ4n) is 14.5. The average Bonchev–Trinajstić information content (AvgIpc) is 0.799. The maximum Gasteiger partial charge on any atom is 0.349 e. The van der Waals surface area contributed by atoms with Crippen LogP contribution in [0.25, 0.3) is 112 Å². The Morgan fingerprint density at radius 1 is 0.306 bits per heavy atom. The molecule has 0 N–H and O–H groups in total. The molecule has 15 aromatic rings. The van der Waals surface area contributed by atoms with Crippen molar-refractivity contribution in [2.45, 2.75) is 142 Å². The minimum atomic E-state index is 0.413. The molecule has 12 heteroatoms.